The van der Waals surface area contributed by atoms with E-state index in [1.54, 1.807) is 6.92 Å². The van der Waals surface area contributed by atoms with E-state index in [-0.39, 0.29) is 23.8 Å². The van der Waals surface area contributed by atoms with Gasteiger partial charge in [-0.2, -0.15) is 5.10 Å². The summed E-state index contributed by atoms with van der Waals surface area (Å²) in [7, 11) is 0. The summed E-state index contributed by atoms with van der Waals surface area (Å²) in [6.45, 7) is 1.60. The fraction of sp³-hybridized carbons (Fsp3) is 0.333. The van der Waals surface area contributed by atoms with Crippen LogP contribution in [0.2, 0.25) is 0 Å². The number of nitrogens with zero attached hydrogens (tertiary/aromatic N) is 1. The van der Waals surface area contributed by atoms with Crippen molar-refractivity contribution in [3.05, 3.63) is 23.8 Å². The van der Waals surface area contributed by atoms with E-state index in [1.807, 2.05) is 0 Å². The molecular formula is C12H16N2O4. The van der Waals surface area contributed by atoms with Crippen molar-refractivity contribution in [2.24, 2.45) is 5.10 Å². The molecule has 4 N–H and O–H groups in total. The summed E-state index contributed by atoms with van der Waals surface area (Å²) >= 11 is 0. The molecule has 0 heterocycles. The zero-order valence-corrected chi connectivity index (χ0v) is 10.00. The number of nitrogens with one attached hydrogen (secondary N) is 1. The van der Waals surface area contributed by atoms with Crippen molar-refractivity contribution in [2.45, 2.75) is 25.9 Å². The molecular weight excluding hydrogens is 236 g/mol. The quantitative estimate of drug-likeness (QED) is 0.458. The molecule has 0 aliphatic carbocycles. The van der Waals surface area contributed by atoms with Gasteiger partial charge in [-0.05, 0) is 25.5 Å². The number of phenols is 2. The van der Waals surface area contributed by atoms with E-state index in [2.05, 4.69) is 10.5 Å². The Morgan fingerprint density at radius 2 is 2.22 bits per heavy atom. The predicted molar refractivity (Wildman–Crippen MR) is 66.4 cm³/mol. The summed E-state index contributed by atoms with van der Waals surface area (Å²) in [6, 6.07) is 4.04. The molecule has 0 aromatic heterocycles. The van der Waals surface area contributed by atoms with Crippen LogP contribution in [0.25, 0.3) is 0 Å². The molecule has 0 saturated heterocycles. The number of carbonyl (C=O) groups excluding carboxylic acids is 1. The van der Waals surface area contributed by atoms with E-state index in [1.165, 1.54) is 24.4 Å². The lowest BCUT2D eigenvalue weighted by Gasteiger charge is -2.02. The topological polar surface area (TPSA) is 102 Å². The molecule has 18 heavy (non-hydrogen) atoms. The second kappa shape index (κ2) is 6.61. The molecule has 1 atom stereocenters. The number of hydrazone groups is 1. The second-order valence-electron chi connectivity index (χ2n) is 3.92. The van der Waals surface area contributed by atoms with Crippen LogP contribution in [0.15, 0.2) is 23.3 Å². The smallest absolute Gasteiger partial charge is 0.240 e. The maximum atomic E-state index is 11.2. The van der Waals surface area contributed by atoms with Crippen molar-refractivity contribution < 1.29 is 20.1 Å². The standard InChI is InChI=1S/C12H16N2O4/c1-8(15)2-5-12(18)14-13-7-9-3-4-10(16)6-11(9)17/h3-4,6-8,15-17H,2,5H2,1H3,(H,14,18)/b13-7+. The van der Waals surface area contributed by atoms with Gasteiger partial charge in [0.2, 0.25) is 5.91 Å². The molecule has 1 amide bonds. The molecule has 1 rings (SSSR count). The first-order valence-corrected chi connectivity index (χ1v) is 5.51. The first-order valence-electron chi connectivity index (χ1n) is 5.51. The molecule has 0 fully saturated rings. The number of aliphatic hydroxyl groups is 1. The van der Waals surface area contributed by atoms with Gasteiger partial charge in [0, 0.05) is 18.1 Å². The molecule has 0 radical (unpaired) electrons. The number of aromatic hydroxyl groups is 2. The molecule has 0 spiro atoms. The zero-order valence-electron chi connectivity index (χ0n) is 10.00. The Bertz CT molecular complexity index is 444. The minimum absolute atomic E-state index is 0.0504. The Balaban J connectivity index is 2.47. The normalized spacial score (nSPS) is 12.6. The molecule has 98 valence electrons. The third kappa shape index (κ3) is 4.84. The van der Waals surface area contributed by atoms with E-state index >= 15 is 0 Å². The monoisotopic (exact) mass is 252 g/mol. The van der Waals surface area contributed by atoms with Crippen LogP contribution in [0.5, 0.6) is 11.5 Å². The van der Waals surface area contributed by atoms with Crippen LogP contribution in [0.3, 0.4) is 0 Å². The molecule has 6 heteroatoms. The molecule has 0 saturated carbocycles. The van der Waals surface area contributed by atoms with Gasteiger partial charge in [0.1, 0.15) is 11.5 Å². The van der Waals surface area contributed by atoms with Crippen LogP contribution in [-0.2, 0) is 4.79 Å². The van der Waals surface area contributed by atoms with Crippen LogP contribution < -0.4 is 5.43 Å². The number of rotatable bonds is 5. The van der Waals surface area contributed by atoms with Gasteiger partial charge in [-0.3, -0.25) is 4.79 Å². The largest absolute Gasteiger partial charge is 0.508 e. The van der Waals surface area contributed by atoms with E-state index < -0.39 is 6.10 Å². The van der Waals surface area contributed by atoms with Crippen LogP contribution in [-0.4, -0.2) is 33.5 Å². The molecule has 1 aromatic carbocycles. The average Bonchev–Trinajstić information content (AvgIpc) is 2.29. The number of amides is 1. The molecule has 6 nitrogen and oxygen atoms in total. The van der Waals surface area contributed by atoms with Gasteiger partial charge >= 0.3 is 0 Å². The minimum atomic E-state index is -0.527. The Morgan fingerprint density at radius 3 is 2.83 bits per heavy atom. The third-order valence-electron chi connectivity index (χ3n) is 2.20. The van der Waals surface area contributed by atoms with Crippen LogP contribution in [0.1, 0.15) is 25.3 Å². The first kappa shape index (κ1) is 14.0. The summed E-state index contributed by atoms with van der Waals surface area (Å²) < 4.78 is 0. The second-order valence-corrected chi connectivity index (χ2v) is 3.92. The van der Waals surface area contributed by atoms with E-state index in [4.69, 9.17) is 10.2 Å². The van der Waals surface area contributed by atoms with E-state index in [0.717, 1.165) is 0 Å². The summed E-state index contributed by atoms with van der Waals surface area (Å²) in [5.41, 5.74) is 2.65. The Hall–Kier alpha value is -2.08. The zero-order chi connectivity index (χ0) is 13.5. The van der Waals surface area contributed by atoms with Gasteiger partial charge in [-0.15, -0.1) is 0 Å². The minimum Gasteiger partial charge on any atom is -0.508 e. The van der Waals surface area contributed by atoms with E-state index in [0.29, 0.717) is 12.0 Å². The van der Waals surface area contributed by atoms with Crippen LogP contribution in [0.4, 0.5) is 0 Å². The number of hydrogen-bond acceptors (Lipinski definition) is 5. The van der Waals surface area contributed by atoms with Crippen molar-refractivity contribution in [3.8, 4) is 11.5 Å². The van der Waals surface area contributed by atoms with Gasteiger partial charge in [0.05, 0.1) is 12.3 Å². The highest BCUT2D eigenvalue weighted by molar-refractivity contribution is 5.85. The highest BCUT2D eigenvalue weighted by atomic mass is 16.3. The van der Waals surface area contributed by atoms with Crippen molar-refractivity contribution >= 4 is 12.1 Å². The van der Waals surface area contributed by atoms with Gasteiger partial charge in [0.25, 0.3) is 0 Å². The van der Waals surface area contributed by atoms with Crippen molar-refractivity contribution in [1.29, 1.82) is 0 Å². The number of carbonyl (C=O) groups is 1. The van der Waals surface area contributed by atoms with Crippen molar-refractivity contribution in [1.82, 2.24) is 5.43 Å². The summed E-state index contributed by atoms with van der Waals surface area (Å²) in [4.78, 5) is 11.2. The molecule has 0 aliphatic rings. The summed E-state index contributed by atoms with van der Waals surface area (Å²) in [5.74, 6) is -0.493. The number of phenolic OH excluding ortho intramolecular Hbond substituents is 2. The van der Waals surface area contributed by atoms with Gasteiger partial charge in [0.15, 0.2) is 0 Å². The van der Waals surface area contributed by atoms with Crippen LogP contribution in [0, 0.1) is 0 Å². The fourth-order valence-corrected chi connectivity index (χ4v) is 1.21. The fourth-order valence-electron chi connectivity index (χ4n) is 1.21. The van der Waals surface area contributed by atoms with Crippen LogP contribution >= 0.6 is 0 Å². The van der Waals surface area contributed by atoms with Gasteiger partial charge in [-0.25, -0.2) is 5.43 Å². The summed E-state index contributed by atoms with van der Waals surface area (Å²) in [6.07, 6.45) is 1.29. The van der Waals surface area contributed by atoms with E-state index in [9.17, 15) is 9.90 Å². The van der Waals surface area contributed by atoms with Gasteiger partial charge < -0.3 is 15.3 Å². The number of hydrogen-bond donors (Lipinski definition) is 4. The van der Waals surface area contributed by atoms with Gasteiger partial charge in [-0.1, -0.05) is 0 Å². The summed E-state index contributed by atoms with van der Waals surface area (Å²) in [5, 5.41) is 31.2. The number of aliphatic hydroxyl groups excluding tert-OH is 1. The lowest BCUT2D eigenvalue weighted by atomic mass is 10.2. The lowest BCUT2D eigenvalue weighted by Crippen LogP contribution is -2.18. The molecule has 1 aromatic rings. The third-order valence-corrected chi connectivity index (χ3v) is 2.20. The Morgan fingerprint density at radius 1 is 1.50 bits per heavy atom. The Labute approximate surface area is 105 Å². The molecule has 0 aliphatic heterocycles. The first-order chi connectivity index (χ1) is 8.49. The van der Waals surface area contributed by atoms with Crippen molar-refractivity contribution in [2.75, 3.05) is 0 Å². The molecule has 0 bridgehead atoms. The predicted octanol–water partition coefficient (Wildman–Crippen LogP) is 0.709. The highest BCUT2D eigenvalue weighted by Gasteiger charge is 2.03. The Kier molecular flexibility index (Phi) is 5.13. The lowest BCUT2D eigenvalue weighted by molar-refractivity contribution is -0.121. The maximum absolute atomic E-state index is 11.2. The SMILES string of the molecule is CC(O)CCC(=O)N/N=C/c1ccc(O)cc1O. The molecule has 1 unspecified atom stereocenters. The highest BCUT2D eigenvalue weighted by Crippen LogP contribution is 2.20. The van der Waals surface area contributed by atoms with Crippen molar-refractivity contribution in [3.63, 3.8) is 0 Å². The number of benzene rings is 1. The maximum Gasteiger partial charge on any atom is 0.240 e. The average molecular weight is 252 g/mol.